The van der Waals surface area contributed by atoms with Crippen molar-refractivity contribution in [3.8, 4) is 0 Å². The van der Waals surface area contributed by atoms with Crippen LogP contribution in [0.25, 0.3) is 0 Å². The number of Topliss-reactive ketones (excluding diaryl/α,β-unsaturated/α-hetero) is 1. The molecule has 1 rings (SSSR count). The first-order chi connectivity index (χ1) is 7.24. The first-order valence-corrected chi connectivity index (χ1v) is 7.60. The van der Waals surface area contributed by atoms with E-state index in [1.807, 2.05) is 0 Å². The van der Waals surface area contributed by atoms with Gasteiger partial charge in [0, 0.05) is 22.5 Å². The van der Waals surface area contributed by atoms with Crippen molar-refractivity contribution in [2.24, 2.45) is 5.92 Å². The molecule has 0 amide bonds. The summed E-state index contributed by atoms with van der Waals surface area (Å²) in [5.74, 6) is 1.49. The quantitative estimate of drug-likeness (QED) is 0.703. The number of ketones is 1. The molecule has 15 heavy (non-hydrogen) atoms. The Morgan fingerprint density at radius 2 is 1.93 bits per heavy atom. The molecule has 2 nitrogen and oxygen atoms in total. The van der Waals surface area contributed by atoms with Crippen LogP contribution in [0.3, 0.4) is 0 Å². The van der Waals surface area contributed by atoms with Crippen LogP contribution in [0.2, 0.25) is 0 Å². The molecule has 88 valence electrons. The van der Waals surface area contributed by atoms with Crippen molar-refractivity contribution in [1.29, 1.82) is 0 Å². The van der Waals surface area contributed by atoms with Crippen LogP contribution in [0, 0.1) is 5.92 Å². The molecule has 0 bridgehead atoms. The Balaban J connectivity index is 2.24. The van der Waals surface area contributed by atoms with Gasteiger partial charge in [0.05, 0.1) is 5.75 Å². The molecule has 1 aliphatic rings. The van der Waals surface area contributed by atoms with E-state index in [2.05, 4.69) is 6.92 Å². The second-order valence-corrected chi connectivity index (χ2v) is 6.02. The van der Waals surface area contributed by atoms with E-state index >= 15 is 0 Å². The van der Waals surface area contributed by atoms with Crippen molar-refractivity contribution >= 4 is 16.6 Å². The van der Waals surface area contributed by atoms with Crippen molar-refractivity contribution in [1.82, 2.24) is 0 Å². The SMILES string of the molecule is CCCCS(=O)CC(=O)C1CCCCC1. The molecule has 1 aliphatic carbocycles. The number of unbranched alkanes of at least 4 members (excludes halogenated alkanes) is 1. The lowest BCUT2D eigenvalue weighted by Crippen LogP contribution is -2.23. The maximum atomic E-state index is 11.8. The normalized spacial score (nSPS) is 20.1. The lowest BCUT2D eigenvalue weighted by Gasteiger charge is -2.19. The van der Waals surface area contributed by atoms with Gasteiger partial charge in [0.1, 0.15) is 5.78 Å². The number of carbonyl (C=O) groups excluding carboxylic acids is 1. The Hall–Kier alpha value is -0.180. The van der Waals surface area contributed by atoms with E-state index in [1.54, 1.807) is 0 Å². The lowest BCUT2D eigenvalue weighted by atomic mass is 9.87. The van der Waals surface area contributed by atoms with Gasteiger partial charge in [0.15, 0.2) is 0 Å². The Morgan fingerprint density at radius 1 is 1.27 bits per heavy atom. The molecule has 1 saturated carbocycles. The van der Waals surface area contributed by atoms with Gasteiger partial charge >= 0.3 is 0 Å². The third-order valence-electron chi connectivity index (χ3n) is 3.09. The van der Waals surface area contributed by atoms with Gasteiger partial charge in [-0.2, -0.15) is 0 Å². The average Bonchev–Trinajstić information content (AvgIpc) is 2.27. The minimum Gasteiger partial charge on any atom is -0.298 e. The highest BCUT2D eigenvalue weighted by molar-refractivity contribution is 7.85. The van der Waals surface area contributed by atoms with Crippen LogP contribution in [0.1, 0.15) is 51.9 Å². The van der Waals surface area contributed by atoms with Gasteiger partial charge in [-0.15, -0.1) is 0 Å². The molecule has 0 aromatic heterocycles. The first kappa shape index (κ1) is 12.9. The summed E-state index contributed by atoms with van der Waals surface area (Å²) in [6, 6.07) is 0. The van der Waals surface area contributed by atoms with Crippen LogP contribution >= 0.6 is 0 Å². The van der Waals surface area contributed by atoms with Crippen LogP contribution in [-0.4, -0.2) is 21.5 Å². The largest absolute Gasteiger partial charge is 0.298 e. The maximum Gasteiger partial charge on any atom is 0.148 e. The highest BCUT2D eigenvalue weighted by Gasteiger charge is 2.22. The number of hydrogen-bond acceptors (Lipinski definition) is 2. The van der Waals surface area contributed by atoms with E-state index in [0.29, 0.717) is 11.5 Å². The van der Waals surface area contributed by atoms with E-state index in [1.165, 1.54) is 19.3 Å². The van der Waals surface area contributed by atoms with Gasteiger partial charge < -0.3 is 0 Å². The Kier molecular flexibility index (Phi) is 6.15. The number of carbonyl (C=O) groups is 1. The van der Waals surface area contributed by atoms with Crippen molar-refractivity contribution in [2.75, 3.05) is 11.5 Å². The minimum atomic E-state index is -0.901. The van der Waals surface area contributed by atoms with Crippen LogP contribution < -0.4 is 0 Å². The average molecular weight is 230 g/mol. The maximum absolute atomic E-state index is 11.8. The molecular formula is C12H22O2S. The molecule has 0 radical (unpaired) electrons. The molecule has 0 aromatic carbocycles. The third kappa shape index (κ3) is 4.92. The third-order valence-corrected chi connectivity index (χ3v) is 4.44. The van der Waals surface area contributed by atoms with Gasteiger partial charge in [-0.25, -0.2) is 0 Å². The number of hydrogen-bond donors (Lipinski definition) is 0. The van der Waals surface area contributed by atoms with Crippen LogP contribution in [-0.2, 0) is 15.6 Å². The minimum absolute atomic E-state index is 0.226. The summed E-state index contributed by atoms with van der Waals surface area (Å²) in [6.07, 6.45) is 7.72. The Morgan fingerprint density at radius 3 is 2.53 bits per heavy atom. The van der Waals surface area contributed by atoms with Gasteiger partial charge in [-0.3, -0.25) is 9.00 Å². The van der Waals surface area contributed by atoms with E-state index in [9.17, 15) is 9.00 Å². The summed E-state index contributed by atoms with van der Waals surface area (Å²) in [5.41, 5.74) is 0. The number of rotatable bonds is 6. The smallest absolute Gasteiger partial charge is 0.148 e. The lowest BCUT2D eigenvalue weighted by molar-refractivity contribution is -0.121. The van der Waals surface area contributed by atoms with Crippen molar-refractivity contribution in [2.45, 2.75) is 51.9 Å². The standard InChI is InChI=1S/C12H22O2S/c1-2-3-9-15(14)10-12(13)11-7-5-4-6-8-11/h11H,2-10H2,1H3. The van der Waals surface area contributed by atoms with E-state index in [-0.39, 0.29) is 11.7 Å². The van der Waals surface area contributed by atoms with Gasteiger partial charge in [0.25, 0.3) is 0 Å². The second-order valence-electron chi connectivity index (χ2n) is 4.44. The summed E-state index contributed by atoms with van der Waals surface area (Å²) in [7, 11) is -0.901. The first-order valence-electron chi connectivity index (χ1n) is 6.11. The molecule has 0 saturated heterocycles. The van der Waals surface area contributed by atoms with Crippen molar-refractivity contribution in [3.05, 3.63) is 0 Å². The Labute approximate surface area is 95.3 Å². The zero-order valence-corrected chi connectivity index (χ0v) is 10.5. The molecule has 1 fully saturated rings. The highest BCUT2D eigenvalue weighted by atomic mass is 32.2. The molecular weight excluding hydrogens is 208 g/mol. The fraction of sp³-hybridized carbons (Fsp3) is 0.917. The van der Waals surface area contributed by atoms with Gasteiger partial charge in [-0.1, -0.05) is 32.6 Å². The summed E-state index contributed by atoms with van der Waals surface area (Å²) >= 11 is 0. The fourth-order valence-electron chi connectivity index (χ4n) is 2.08. The van der Waals surface area contributed by atoms with Crippen molar-refractivity contribution in [3.63, 3.8) is 0 Å². The monoisotopic (exact) mass is 230 g/mol. The molecule has 1 atom stereocenters. The topological polar surface area (TPSA) is 34.1 Å². The summed E-state index contributed by atoms with van der Waals surface area (Å²) in [6.45, 7) is 2.08. The summed E-state index contributed by atoms with van der Waals surface area (Å²) < 4.78 is 11.5. The predicted molar refractivity (Wildman–Crippen MR) is 64.4 cm³/mol. The predicted octanol–water partition coefficient (Wildman–Crippen LogP) is 2.68. The highest BCUT2D eigenvalue weighted by Crippen LogP contribution is 2.24. The molecule has 3 heteroatoms. The molecule has 0 aromatic rings. The van der Waals surface area contributed by atoms with Gasteiger partial charge in [-0.05, 0) is 19.3 Å². The molecule has 0 N–H and O–H groups in total. The fourth-order valence-corrected chi connectivity index (χ4v) is 3.39. The van der Waals surface area contributed by atoms with E-state index < -0.39 is 10.8 Å². The summed E-state index contributed by atoms with van der Waals surface area (Å²) in [5, 5.41) is 0. The second kappa shape index (κ2) is 7.15. The van der Waals surface area contributed by atoms with Crippen LogP contribution in [0.4, 0.5) is 0 Å². The molecule has 0 spiro atoms. The van der Waals surface area contributed by atoms with E-state index in [4.69, 9.17) is 0 Å². The van der Waals surface area contributed by atoms with E-state index in [0.717, 1.165) is 25.7 Å². The summed E-state index contributed by atoms with van der Waals surface area (Å²) in [4.78, 5) is 11.8. The van der Waals surface area contributed by atoms with Crippen LogP contribution in [0.5, 0.6) is 0 Å². The molecule has 1 unspecified atom stereocenters. The molecule has 0 heterocycles. The van der Waals surface area contributed by atoms with Crippen molar-refractivity contribution < 1.29 is 9.00 Å². The Bertz CT molecular complexity index is 220. The zero-order chi connectivity index (χ0) is 11.1. The van der Waals surface area contributed by atoms with Crippen LogP contribution in [0.15, 0.2) is 0 Å². The zero-order valence-electron chi connectivity index (χ0n) is 9.67. The van der Waals surface area contributed by atoms with Gasteiger partial charge in [0.2, 0.25) is 0 Å². The molecule has 0 aliphatic heterocycles.